The van der Waals surface area contributed by atoms with E-state index in [0.717, 1.165) is 22.3 Å². The van der Waals surface area contributed by atoms with E-state index in [1.807, 2.05) is 42.5 Å². The summed E-state index contributed by atoms with van der Waals surface area (Å²) >= 11 is 8.81. The Morgan fingerprint density at radius 3 is 2.53 bits per heavy atom. The molecule has 2 aromatic rings. The monoisotopic (exact) mass is 334 g/mol. The number of nitrogens with one attached hydrogen (secondary N) is 2. The second-order valence-electron chi connectivity index (χ2n) is 4.10. The summed E-state index contributed by atoms with van der Waals surface area (Å²) in [6.07, 6.45) is 0.954. The van der Waals surface area contributed by atoms with Gasteiger partial charge in [0, 0.05) is 15.8 Å². The molecule has 0 aromatic heterocycles. The van der Waals surface area contributed by atoms with Crippen molar-refractivity contribution in [3.63, 3.8) is 0 Å². The van der Waals surface area contributed by atoms with Crippen LogP contribution in [0.15, 0.2) is 53.0 Å². The van der Waals surface area contributed by atoms with Crippen LogP contribution in [0.25, 0.3) is 0 Å². The Morgan fingerprint density at radius 1 is 1.11 bits per heavy atom. The molecule has 2 rings (SSSR count). The van der Waals surface area contributed by atoms with Gasteiger partial charge in [-0.1, -0.05) is 41.1 Å². The van der Waals surface area contributed by atoms with Crippen LogP contribution in [0.5, 0.6) is 0 Å². The Morgan fingerprint density at radius 2 is 1.84 bits per heavy atom. The Kier molecular flexibility index (Phi) is 4.93. The van der Waals surface area contributed by atoms with Gasteiger partial charge in [0.1, 0.15) is 0 Å². The van der Waals surface area contributed by atoms with E-state index in [4.69, 9.17) is 12.2 Å². The molecule has 0 atom stereocenters. The third kappa shape index (κ3) is 4.04. The lowest BCUT2D eigenvalue weighted by Gasteiger charge is -2.13. The van der Waals surface area contributed by atoms with Gasteiger partial charge in [-0.05, 0) is 54.5 Å². The predicted octanol–water partition coefficient (Wildman–Crippen LogP) is 4.82. The first kappa shape index (κ1) is 14.0. The summed E-state index contributed by atoms with van der Waals surface area (Å²) < 4.78 is 1.08. The molecule has 2 aromatic carbocycles. The van der Waals surface area contributed by atoms with Crippen LogP contribution in [-0.4, -0.2) is 5.11 Å². The predicted molar refractivity (Wildman–Crippen MR) is 89.8 cm³/mol. The van der Waals surface area contributed by atoms with E-state index in [-0.39, 0.29) is 0 Å². The van der Waals surface area contributed by atoms with Gasteiger partial charge in [0.15, 0.2) is 5.11 Å². The van der Waals surface area contributed by atoms with Gasteiger partial charge in [0.2, 0.25) is 0 Å². The fourth-order valence-corrected chi connectivity index (χ4v) is 2.42. The Labute approximate surface area is 127 Å². The molecule has 0 radical (unpaired) electrons. The zero-order valence-corrected chi connectivity index (χ0v) is 13.0. The third-order valence-electron chi connectivity index (χ3n) is 2.73. The summed E-state index contributed by atoms with van der Waals surface area (Å²) in [5, 5.41) is 7.00. The molecule has 0 saturated carbocycles. The first-order valence-electron chi connectivity index (χ1n) is 6.10. The van der Waals surface area contributed by atoms with Gasteiger partial charge in [-0.3, -0.25) is 0 Å². The largest absolute Gasteiger partial charge is 0.332 e. The van der Waals surface area contributed by atoms with Crippen molar-refractivity contribution in [2.24, 2.45) is 0 Å². The number of hydrogen-bond donors (Lipinski definition) is 2. The highest BCUT2D eigenvalue weighted by Crippen LogP contribution is 2.21. The highest BCUT2D eigenvalue weighted by Gasteiger charge is 2.04. The number of benzene rings is 2. The first-order chi connectivity index (χ1) is 9.19. The number of thiocarbonyl (C=S) groups is 1. The third-order valence-corrected chi connectivity index (χ3v) is 3.43. The number of para-hydroxylation sites is 1. The smallest absolute Gasteiger partial charge is 0.175 e. The van der Waals surface area contributed by atoms with Gasteiger partial charge >= 0.3 is 0 Å². The molecule has 0 amide bonds. The van der Waals surface area contributed by atoms with E-state index in [1.54, 1.807) is 0 Å². The molecule has 0 saturated heterocycles. The first-order valence-corrected chi connectivity index (χ1v) is 7.30. The summed E-state index contributed by atoms with van der Waals surface area (Å²) in [4.78, 5) is 0. The van der Waals surface area contributed by atoms with Crippen LogP contribution in [0.1, 0.15) is 12.5 Å². The minimum atomic E-state index is 0.600. The molecule has 2 nitrogen and oxygen atoms in total. The average molecular weight is 335 g/mol. The van der Waals surface area contributed by atoms with Crippen LogP contribution in [0.2, 0.25) is 0 Å². The van der Waals surface area contributed by atoms with Crippen molar-refractivity contribution in [1.82, 2.24) is 0 Å². The van der Waals surface area contributed by atoms with Crippen molar-refractivity contribution in [3.05, 3.63) is 58.6 Å². The van der Waals surface area contributed by atoms with Crippen LogP contribution in [0.4, 0.5) is 11.4 Å². The lowest BCUT2D eigenvalue weighted by atomic mass is 10.1. The van der Waals surface area contributed by atoms with E-state index in [2.05, 4.69) is 39.6 Å². The molecule has 2 N–H and O–H groups in total. The molecule has 0 aliphatic rings. The van der Waals surface area contributed by atoms with Crippen molar-refractivity contribution in [1.29, 1.82) is 0 Å². The van der Waals surface area contributed by atoms with Crippen molar-refractivity contribution in [2.45, 2.75) is 13.3 Å². The van der Waals surface area contributed by atoms with Crippen LogP contribution in [0, 0.1) is 0 Å². The lowest BCUT2D eigenvalue weighted by molar-refractivity contribution is 1.14. The molecule has 0 fully saturated rings. The standard InChI is InChI=1S/C15H15BrN2S/c1-2-11-10-12(16)8-9-14(11)18-15(19)17-13-6-4-3-5-7-13/h3-10H,2H2,1H3,(H2,17,18,19). The minimum Gasteiger partial charge on any atom is -0.332 e. The summed E-state index contributed by atoms with van der Waals surface area (Å²) in [5.74, 6) is 0. The van der Waals surface area contributed by atoms with E-state index in [1.165, 1.54) is 5.56 Å². The maximum atomic E-state index is 5.32. The van der Waals surface area contributed by atoms with Crippen molar-refractivity contribution in [2.75, 3.05) is 10.6 Å². The number of anilines is 2. The molecule has 0 spiro atoms. The van der Waals surface area contributed by atoms with Crippen molar-refractivity contribution in [3.8, 4) is 0 Å². The second kappa shape index (κ2) is 6.68. The minimum absolute atomic E-state index is 0.600. The van der Waals surface area contributed by atoms with Crippen LogP contribution >= 0.6 is 28.1 Å². The van der Waals surface area contributed by atoms with Gasteiger partial charge in [-0.25, -0.2) is 0 Å². The SMILES string of the molecule is CCc1cc(Br)ccc1NC(=S)Nc1ccccc1. The number of halogens is 1. The summed E-state index contributed by atoms with van der Waals surface area (Å²) in [6.45, 7) is 2.13. The average Bonchev–Trinajstić information content (AvgIpc) is 2.42. The fraction of sp³-hybridized carbons (Fsp3) is 0.133. The van der Waals surface area contributed by atoms with Gasteiger partial charge < -0.3 is 10.6 Å². The molecule has 98 valence electrons. The van der Waals surface area contributed by atoms with Crippen molar-refractivity contribution < 1.29 is 0 Å². The summed E-state index contributed by atoms with van der Waals surface area (Å²) in [6, 6.07) is 16.0. The van der Waals surface area contributed by atoms with E-state index < -0.39 is 0 Å². The zero-order chi connectivity index (χ0) is 13.7. The molecular weight excluding hydrogens is 320 g/mol. The quantitative estimate of drug-likeness (QED) is 0.787. The molecule has 0 heterocycles. The molecule has 0 unspecified atom stereocenters. The topological polar surface area (TPSA) is 24.1 Å². The summed E-state index contributed by atoms with van der Waals surface area (Å²) in [5.41, 5.74) is 3.25. The van der Waals surface area contributed by atoms with Gasteiger partial charge in [-0.2, -0.15) is 0 Å². The van der Waals surface area contributed by atoms with Crippen LogP contribution < -0.4 is 10.6 Å². The zero-order valence-electron chi connectivity index (χ0n) is 10.6. The van der Waals surface area contributed by atoms with Crippen LogP contribution in [-0.2, 0) is 6.42 Å². The second-order valence-corrected chi connectivity index (χ2v) is 5.42. The maximum absolute atomic E-state index is 5.32. The molecule has 0 bridgehead atoms. The molecular formula is C15H15BrN2S. The van der Waals surface area contributed by atoms with Gasteiger partial charge in [-0.15, -0.1) is 0 Å². The maximum Gasteiger partial charge on any atom is 0.175 e. The van der Waals surface area contributed by atoms with Crippen LogP contribution in [0.3, 0.4) is 0 Å². The van der Waals surface area contributed by atoms with Gasteiger partial charge in [0.05, 0.1) is 0 Å². The van der Waals surface area contributed by atoms with Gasteiger partial charge in [0.25, 0.3) is 0 Å². The summed E-state index contributed by atoms with van der Waals surface area (Å²) in [7, 11) is 0. The van der Waals surface area contributed by atoms with Crippen molar-refractivity contribution >= 4 is 44.6 Å². The Balaban J connectivity index is 2.07. The van der Waals surface area contributed by atoms with E-state index in [0.29, 0.717) is 5.11 Å². The Bertz CT molecular complexity index is 570. The fourth-order valence-electron chi connectivity index (χ4n) is 1.78. The lowest BCUT2D eigenvalue weighted by Crippen LogP contribution is -2.19. The molecule has 19 heavy (non-hydrogen) atoms. The highest BCUT2D eigenvalue weighted by atomic mass is 79.9. The molecule has 0 aliphatic carbocycles. The number of hydrogen-bond acceptors (Lipinski definition) is 1. The Hall–Kier alpha value is -1.39. The number of aryl methyl sites for hydroxylation is 1. The molecule has 4 heteroatoms. The normalized spacial score (nSPS) is 10.0. The molecule has 0 aliphatic heterocycles. The van der Waals surface area contributed by atoms with E-state index in [9.17, 15) is 0 Å². The van der Waals surface area contributed by atoms with E-state index >= 15 is 0 Å². The highest BCUT2D eigenvalue weighted by molar-refractivity contribution is 9.10. The number of rotatable bonds is 3.